The smallest absolute Gasteiger partial charge is 0.0994 e. The minimum absolute atomic E-state index is 0.745. The van der Waals surface area contributed by atoms with Crippen molar-refractivity contribution in [2.75, 3.05) is 20.6 Å². The topological polar surface area (TPSA) is 39.9 Å². The molecule has 0 saturated heterocycles. The van der Waals surface area contributed by atoms with Crippen molar-refractivity contribution in [3.05, 3.63) is 35.7 Å². The second-order valence-electron chi connectivity index (χ2n) is 4.36. The first kappa shape index (κ1) is 13.4. The summed E-state index contributed by atoms with van der Waals surface area (Å²) in [7, 11) is 4.11. The molecular weight excluding hydrogens is 210 g/mol. The number of hydrogen-bond donors (Lipinski definition) is 0. The Bertz CT molecular complexity index is 427. The van der Waals surface area contributed by atoms with Crippen LogP contribution in [-0.4, -0.2) is 30.5 Å². The Morgan fingerprint density at radius 2 is 2.29 bits per heavy atom. The number of nitrogens with zero attached hydrogens (tertiary/aromatic N) is 3. The van der Waals surface area contributed by atoms with Crippen molar-refractivity contribution >= 4 is 5.57 Å². The van der Waals surface area contributed by atoms with E-state index in [9.17, 15) is 0 Å². The van der Waals surface area contributed by atoms with Gasteiger partial charge in [-0.3, -0.25) is 4.98 Å². The van der Waals surface area contributed by atoms with E-state index in [1.165, 1.54) is 0 Å². The van der Waals surface area contributed by atoms with Gasteiger partial charge < -0.3 is 4.90 Å². The van der Waals surface area contributed by atoms with E-state index in [1.54, 1.807) is 6.20 Å². The van der Waals surface area contributed by atoms with Crippen LogP contribution in [0, 0.1) is 18.3 Å². The van der Waals surface area contributed by atoms with Gasteiger partial charge in [-0.25, -0.2) is 0 Å². The highest BCUT2D eigenvalue weighted by molar-refractivity contribution is 5.76. The van der Waals surface area contributed by atoms with Crippen LogP contribution in [0.4, 0.5) is 0 Å². The average Bonchev–Trinajstić information content (AvgIpc) is 2.29. The fourth-order valence-corrected chi connectivity index (χ4v) is 1.60. The van der Waals surface area contributed by atoms with E-state index in [2.05, 4.69) is 30.0 Å². The highest BCUT2D eigenvalue weighted by Gasteiger charge is 2.00. The van der Waals surface area contributed by atoms with Crippen LogP contribution in [0.5, 0.6) is 0 Å². The SMILES string of the molecule is Cc1cc(C(C#N)=CCCCN(C)C)ccn1. The van der Waals surface area contributed by atoms with E-state index >= 15 is 0 Å². The Morgan fingerprint density at radius 3 is 2.88 bits per heavy atom. The lowest BCUT2D eigenvalue weighted by Gasteiger charge is -2.07. The lowest BCUT2D eigenvalue weighted by atomic mass is 10.1. The molecule has 0 unspecified atom stereocenters. The van der Waals surface area contributed by atoms with Gasteiger partial charge in [0.25, 0.3) is 0 Å². The molecule has 0 saturated carbocycles. The molecule has 0 N–H and O–H groups in total. The highest BCUT2D eigenvalue weighted by atomic mass is 15.0. The first-order valence-corrected chi connectivity index (χ1v) is 5.81. The van der Waals surface area contributed by atoms with Gasteiger partial charge in [0, 0.05) is 11.9 Å². The molecule has 0 fully saturated rings. The summed E-state index contributed by atoms with van der Waals surface area (Å²) in [6.45, 7) is 2.98. The summed E-state index contributed by atoms with van der Waals surface area (Å²) < 4.78 is 0. The molecule has 1 heterocycles. The van der Waals surface area contributed by atoms with Crippen LogP contribution in [0.3, 0.4) is 0 Å². The van der Waals surface area contributed by atoms with Gasteiger partial charge in [0.2, 0.25) is 0 Å². The van der Waals surface area contributed by atoms with Crippen LogP contribution in [-0.2, 0) is 0 Å². The molecule has 0 aliphatic heterocycles. The Morgan fingerprint density at radius 1 is 1.53 bits per heavy atom. The predicted octanol–water partition coefficient (Wildman–Crippen LogP) is 2.64. The van der Waals surface area contributed by atoms with Crippen molar-refractivity contribution in [2.45, 2.75) is 19.8 Å². The van der Waals surface area contributed by atoms with E-state index < -0.39 is 0 Å². The monoisotopic (exact) mass is 229 g/mol. The van der Waals surface area contributed by atoms with E-state index in [1.807, 2.05) is 25.1 Å². The van der Waals surface area contributed by atoms with Crippen LogP contribution >= 0.6 is 0 Å². The number of aryl methyl sites for hydroxylation is 1. The number of rotatable bonds is 5. The fraction of sp³-hybridized carbons (Fsp3) is 0.429. The Hall–Kier alpha value is -1.66. The number of pyridine rings is 1. The summed E-state index contributed by atoms with van der Waals surface area (Å²) in [5.74, 6) is 0. The number of aromatic nitrogens is 1. The van der Waals surface area contributed by atoms with Gasteiger partial charge in [-0.15, -0.1) is 0 Å². The molecule has 1 aromatic rings. The van der Waals surface area contributed by atoms with Gasteiger partial charge in [-0.05, 0) is 58.1 Å². The van der Waals surface area contributed by atoms with Crippen molar-refractivity contribution in [3.8, 4) is 6.07 Å². The zero-order chi connectivity index (χ0) is 12.7. The summed E-state index contributed by atoms with van der Waals surface area (Å²) in [6.07, 6.45) is 5.76. The number of allylic oxidation sites excluding steroid dienone is 2. The maximum absolute atomic E-state index is 9.13. The van der Waals surface area contributed by atoms with Crippen LogP contribution in [0.25, 0.3) is 5.57 Å². The van der Waals surface area contributed by atoms with E-state index in [0.29, 0.717) is 0 Å². The maximum Gasteiger partial charge on any atom is 0.0994 e. The highest BCUT2D eigenvalue weighted by Crippen LogP contribution is 2.14. The molecule has 0 spiro atoms. The quantitative estimate of drug-likeness (QED) is 0.575. The molecule has 3 nitrogen and oxygen atoms in total. The zero-order valence-corrected chi connectivity index (χ0v) is 10.8. The van der Waals surface area contributed by atoms with Crippen molar-refractivity contribution in [2.24, 2.45) is 0 Å². The van der Waals surface area contributed by atoms with Crippen molar-refractivity contribution < 1.29 is 0 Å². The first-order valence-electron chi connectivity index (χ1n) is 5.81. The summed E-state index contributed by atoms with van der Waals surface area (Å²) >= 11 is 0. The molecule has 0 aliphatic rings. The van der Waals surface area contributed by atoms with Gasteiger partial charge in [0.05, 0.1) is 11.6 Å². The maximum atomic E-state index is 9.13. The molecule has 0 aliphatic carbocycles. The van der Waals surface area contributed by atoms with Crippen LogP contribution in [0.2, 0.25) is 0 Å². The summed E-state index contributed by atoms with van der Waals surface area (Å²) in [4.78, 5) is 6.28. The lowest BCUT2D eigenvalue weighted by molar-refractivity contribution is 0.402. The Balaban J connectivity index is 2.66. The minimum Gasteiger partial charge on any atom is -0.309 e. The molecule has 1 aromatic heterocycles. The van der Waals surface area contributed by atoms with Crippen LogP contribution < -0.4 is 0 Å². The summed E-state index contributed by atoms with van der Waals surface area (Å²) in [5.41, 5.74) is 2.65. The second kappa shape index (κ2) is 6.82. The van der Waals surface area contributed by atoms with Gasteiger partial charge >= 0.3 is 0 Å². The van der Waals surface area contributed by atoms with Crippen LogP contribution in [0.1, 0.15) is 24.1 Å². The molecule has 17 heavy (non-hydrogen) atoms. The minimum atomic E-state index is 0.745. The van der Waals surface area contributed by atoms with Gasteiger partial charge in [-0.2, -0.15) is 5.26 Å². The third-order valence-corrected chi connectivity index (χ3v) is 2.49. The van der Waals surface area contributed by atoms with Gasteiger partial charge in [-0.1, -0.05) is 6.08 Å². The normalized spacial score (nSPS) is 11.6. The van der Waals surface area contributed by atoms with Crippen molar-refractivity contribution in [1.29, 1.82) is 5.26 Å². The Kier molecular flexibility index (Phi) is 5.38. The average molecular weight is 229 g/mol. The zero-order valence-electron chi connectivity index (χ0n) is 10.8. The molecule has 0 bridgehead atoms. The van der Waals surface area contributed by atoms with E-state index in [0.717, 1.165) is 36.2 Å². The number of nitriles is 1. The summed E-state index contributed by atoms with van der Waals surface area (Å²) in [6, 6.07) is 6.08. The molecule has 0 amide bonds. The number of unbranched alkanes of at least 4 members (excludes halogenated alkanes) is 1. The van der Waals surface area contributed by atoms with Crippen LogP contribution in [0.15, 0.2) is 24.4 Å². The molecular formula is C14H19N3. The van der Waals surface area contributed by atoms with Gasteiger partial charge in [0.15, 0.2) is 0 Å². The van der Waals surface area contributed by atoms with E-state index in [-0.39, 0.29) is 0 Å². The second-order valence-corrected chi connectivity index (χ2v) is 4.36. The van der Waals surface area contributed by atoms with Gasteiger partial charge in [0.1, 0.15) is 0 Å². The van der Waals surface area contributed by atoms with E-state index in [4.69, 9.17) is 5.26 Å². The molecule has 0 radical (unpaired) electrons. The number of hydrogen-bond acceptors (Lipinski definition) is 3. The standard InChI is InChI=1S/C14H19N3/c1-12-10-13(7-8-16-12)14(11-15)6-4-5-9-17(2)3/h6-8,10H,4-5,9H2,1-3H3. The molecule has 90 valence electrons. The molecule has 3 heteroatoms. The van der Waals surface area contributed by atoms with Crippen molar-refractivity contribution in [3.63, 3.8) is 0 Å². The molecule has 1 rings (SSSR count). The third-order valence-electron chi connectivity index (χ3n) is 2.49. The fourth-order valence-electron chi connectivity index (χ4n) is 1.60. The lowest BCUT2D eigenvalue weighted by Crippen LogP contribution is -2.12. The third kappa shape index (κ3) is 4.80. The van der Waals surface area contributed by atoms with Crippen molar-refractivity contribution in [1.82, 2.24) is 9.88 Å². The molecule has 0 atom stereocenters. The predicted molar refractivity (Wildman–Crippen MR) is 70.4 cm³/mol. The molecule has 0 aromatic carbocycles. The first-order chi connectivity index (χ1) is 8.13. The Labute approximate surface area is 103 Å². The largest absolute Gasteiger partial charge is 0.309 e. The summed E-state index contributed by atoms with van der Waals surface area (Å²) in [5, 5.41) is 9.13.